The van der Waals surface area contributed by atoms with Crippen LogP contribution in [-0.4, -0.2) is 36.4 Å². The summed E-state index contributed by atoms with van der Waals surface area (Å²) in [4.78, 5) is 15.1. The summed E-state index contributed by atoms with van der Waals surface area (Å²) in [5, 5.41) is 9.05. The number of nitrogens with zero attached hydrogens (tertiary/aromatic N) is 1. The first-order valence-corrected chi connectivity index (χ1v) is 5.82. The summed E-state index contributed by atoms with van der Waals surface area (Å²) in [5.41, 5.74) is 1.31. The van der Waals surface area contributed by atoms with Crippen LogP contribution in [0.4, 0.5) is 0 Å². The maximum atomic E-state index is 11.0. The molecule has 5 nitrogen and oxygen atoms in total. The van der Waals surface area contributed by atoms with E-state index in [-0.39, 0.29) is 11.0 Å². The molecule has 0 aromatic carbocycles. The molecule has 0 radical (unpaired) electrons. The molecule has 96 valence electrons. The lowest BCUT2D eigenvalue weighted by Crippen LogP contribution is -2.47. The van der Waals surface area contributed by atoms with Gasteiger partial charge in [-0.15, -0.1) is 0 Å². The lowest BCUT2D eigenvalue weighted by molar-refractivity contribution is 0.0343. The van der Waals surface area contributed by atoms with E-state index in [2.05, 4.69) is 18.8 Å². The normalized spacial score (nSPS) is 18.7. The third-order valence-electron chi connectivity index (χ3n) is 2.86. The van der Waals surface area contributed by atoms with Crippen molar-refractivity contribution in [2.75, 3.05) is 13.2 Å². The molecule has 1 N–H and O–H groups in total. The number of hydrogen-bond donors (Lipinski definition) is 1. The van der Waals surface area contributed by atoms with Crippen LogP contribution in [0.15, 0.2) is 12.3 Å². The van der Waals surface area contributed by atoms with Gasteiger partial charge in [-0.3, -0.25) is 4.98 Å². The van der Waals surface area contributed by atoms with Crippen molar-refractivity contribution in [1.29, 1.82) is 0 Å². The second-order valence-corrected chi connectivity index (χ2v) is 5.32. The first-order chi connectivity index (χ1) is 8.39. The molecule has 18 heavy (non-hydrogen) atoms. The van der Waals surface area contributed by atoms with Gasteiger partial charge in [0.1, 0.15) is 0 Å². The molecule has 2 rings (SSSR count). The van der Waals surface area contributed by atoms with Crippen molar-refractivity contribution >= 4 is 18.6 Å². The van der Waals surface area contributed by atoms with E-state index in [1.807, 2.05) is 0 Å². The fraction of sp³-hybridized carbons (Fsp3) is 0.500. The standard InChI is InChI=1S/C12H16BNO4/c1-8-10(11(15)16)4-9(5-14-8)13-17-6-12(2,3)7-18-13/h4-5H,6-7H2,1-3H3,(H,15,16). The van der Waals surface area contributed by atoms with Gasteiger partial charge in [0, 0.05) is 30.3 Å². The summed E-state index contributed by atoms with van der Waals surface area (Å²) in [6.45, 7) is 6.93. The molecule has 1 aliphatic rings. The second kappa shape index (κ2) is 4.70. The number of carboxylic acids is 1. The van der Waals surface area contributed by atoms with Gasteiger partial charge in [0.15, 0.2) is 0 Å². The maximum Gasteiger partial charge on any atom is 0.495 e. The molecule has 6 heteroatoms. The van der Waals surface area contributed by atoms with Crippen LogP contribution in [0.25, 0.3) is 0 Å². The largest absolute Gasteiger partial charge is 0.495 e. The zero-order chi connectivity index (χ0) is 13.3. The molecule has 1 aromatic rings. The number of aromatic carboxylic acids is 1. The van der Waals surface area contributed by atoms with E-state index >= 15 is 0 Å². The zero-order valence-corrected chi connectivity index (χ0v) is 10.8. The Morgan fingerprint density at radius 3 is 2.61 bits per heavy atom. The summed E-state index contributed by atoms with van der Waals surface area (Å²) in [5.74, 6) is -0.988. The lowest BCUT2D eigenvalue weighted by Gasteiger charge is -2.33. The van der Waals surface area contributed by atoms with E-state index in [1.54, 1.807) is 19.2 Å². The van der Waals surface area contributed by atoms with Gasteiger partial charge in [0.05, 0.1) is 11.3 Å². The van der Waals surface area contributed by atoms with Gasteiger partial charge < -0.3 is 14.4 Å². The molecule has 0 atom stereocenters. The second-order valence-electron chi connectivity index (χ2n) is 5.32. The van der Waals surface area contributed by atoms with Gasteiger partial charge in [0.25, 0.3) is 0 Å². The average molecular weight is 249 g/mol. The highest BCUT2D eigenvalue weighted by atomic mass is 16.6. The fourth-order valence-corrected chi connectivity index (χ4v) is 1.78. The number of pyridine rings is 1. The SMILES string of the molecule is Cc1ncc(B2OCC(C)(C)CO2)cc1C(=O)O. The van der Waals surface area contributed by atoms with Crippen LogP contribution in [-0.2, 0) is 9.31 Å². The number of rotatable bonds is 2. The predicted molar refractivity (Wildman–Crippen MR) is 67.0 cm³/mol. The van der Waals surface area contributed by atoms with Crippen LogP contribution in [0.3, 0.4) is 0 Å². The third kappa shape index (κ3) is 2.71. The van der Waals surface area contributed by atoms with Crippen molar-refractivity contribution in [3.05, 3.63) is 23.5 Å². The van der Waals surface area contributed by atoms with Gasteiger partial charge in [0.2, 0.25) is 0 Å². The minimum atomic E-state index is -0.988. The van der Waals surface area contributed by atoms with Crippen molar-refractivity contribution in [3.63, 3.8) is 0 Å². The number of carboxylic acid groups (broad SMARTS) is 1. The van der Waals surface area contributed by atoms with Crippen LogP contribution in [0.2, 0.25) is 0 Å². The van der Waals surface area contributed by atoms with E-state index in [9.17, 15) is 4.79 Å². The van der Waals surface area contributed by atoms with Crippen LogP contribution in [0.5, 0.6) is 0 Å². The summed E-state index contributed by atoms with van der Waals surface area (Å²) >= 11 is 0. The third-order valence-corrected chi connectivity index (χ3v) is 2.86. The molecule has 0 amide bonds. The van der Waals surface area contributed by atoms with Crippen molar-refractivity contribution in [2.45, 2.75) is 20.8 Å². The van der Waals surface area contributed by atoms with Crippen LogP contribution >= 0.6 is 0 Å². The number of aromatic nitrogens is 1. The molecule has 0 saturated carbocycles. The Labute approximate surface area is 106 Å². The minimum Gasteiger partial charge on any atom is -0.478 e. The highest BCUT2D eigenvalue weighted by molar-refractivity contribution is 6.61. The molecule has 0 aliphatic carbocycles. The Morgan fingerprint density at radius 1 is 1.44 bits per heavy atom. The highest BCUT2D eigenvalue weighted by Gasteiger charge is 2.34. The van der Waals surface area contributed by atoms with E-state index in [0.717, 1.165) is 0 Å². The summed E-state index contributed by atoms with van der Waals surface area (Å²) in [7, 11) is -0.524. The fourth-order valence-electron chi connectivity index (χ4n) is 1.78. The molecular formula is C12H16BNO4. The first-order valence-electron chi connectivity index (χ1n) is 5.82. The van der Waals surface area contributed by atoms with Gasteiger partial charge in [-0.2, -0.15) is 0 Å². The molecule has 1 aromatic heterocycles. The van der Waals surface area contributed by atoms with Crippen molar-refractivity contribution in [3.8, 4) is 0 Å². The predicted octanol–water partition coefficient (Wildman–Crippen LogP) is 0.856. The van der Waals surface area contributed by atoms with E-state index in [0.29, 0.717) is 24.4 Å². The Kier molecular flexibility index (Phi) is 3.41. The smallest absolute Gasteiger partial charge is 0.478 e. The Morgan fingerprint density at radius 2 is 2.06 bits per heavy atom. The zero-order valence-electron chi connectivity index (χ0n) is 10.8. The molecule has 0 unspecified atom stereocenters. The van der Waals surface area contributed by atoms with Gasteiger partial charge >= 0.3 is 13.1 Å². The molecule has 0 spiro atoms. The quantitative estimate of drug-likeness (QED) is 0.787. The summed E-state index contributed by atoms with van der Waals surface area (Å²) in [6, 6.07) is 1.56. The van der Waals surface area contributed by atoms with Crippen molar-refractivity contribution < 1.29 is 19.2 Å². The minimum absolute atomic E-state index is 0.00967. The van der Waals surface area contributed by atoms with E-state index in [4.69, 9.17) is 14.4 Å². The Balaban J connectivity index is 2.20. The Hall–Kier alpha value is -1.40. The molecule has 1 aliphatic heterocycles. The molecule has 1 saturated heterocycles. The number of hydrogen-bond acceptors (Lipinski definition) is 4. The van der Waals surface area contributed by atoms with E-state index in [1.165, 1.54) is 0 Å². The van der Waals surface area contributed by atoms with Crippen molar-refractivity contribution in [1.82, 2.24) is 4.98 Å². The monoisotopic (exact) mass is 249 g/mol. The van der Waals surface area contributed by atoms with E-state index < -0.39 is 13.1 Å². The van der Waals surface area contributed by atoms with Gasteiger partial charge in [-0.05, 0) is 13.0 Å². The van der Waals surface area contributed by atoms with Crippen LogP contribution in [0, 0.1) is 12.3 Å². The summed E-state index contributed by atoms with van der Waals surface area (Å²) < 4.78 is 11.2. The lowest BCUT2D eigenvalue weighted by atomic mass is 9.76. The van der Waals surface area contributed by atoms with Gasteiger partial charge in [-0.1, -0.05) is 13.8 Å². The molecular weight excluding hydrogens is 233 g/mol. The molecule has 0 bridgehead atoms. The molecule has 2 heterocycles. The first kappa shape index (κ1) is 13.0. The average Bonchev–Trinajstić information content (AvgIpc) is 2.30. The topological polar surface area (TPSA) is 68.7 Å². The highest BCUT2D eigenvalue weighted by Crippen LogP contribution is 2.21. The van der Waals surface area contributed by atoms with Crippen molar-refractivity contribution in [2.24, 2.45) is 5.41 Å². The molecule has 1 fully saturated rings. The maximum absolute atomic E-state index is 11.0. The van der Waals surface area contributed by atoms with Gasteiger partial charge in [-0.25, -0.2) is 4.79 Å². The Bertz CT molecular complexity index is 465. The number of aryl methyl sites for hydroxylation is 1. The van der Waals surface area contributed by atoms with Crippen LogP contribution < -0.4 is 5.46 Å². The van der Waals surface area contributed by atoms with Crippen LogP contribution in [0.1, 0.15) is 29.9 Å². The number of carbonyl (C=O) groups is 1. The summed E-state index contributed by atoms with van der Waals surface area (Å²) in [6.07, 6.45) is 1.60.